The topological polar surface area (TPSA) is 30.7 Å². The maximum Gasteiger partial charge on any atom is 0.236 e. The number of rotatable bonds is 0. The number of aromatic nitrogens is 3. The largest absolute Gasteiger partial charge is 0.387 e. The lowest BCUT2D eigenvalue weighted by Crippen LogP contribution is -1.90. The Morgan fingerprint density at radius 2 is 2.25 bits per heavy atom. The Morgan fingerprint density at radius 3 is 2.92 bits per heavy atom. The van der Waals surface area contributed by atoms with Crippen LogP contribution in [0.25, 0.3) is 11.0 Å². The molecule has 0 aliphatic heterocycles. The molecule has 0 amide bonds. The Bertz CT molecular complexity index is 442. The molecule has 0 bridgehead atoms. The highest BCUT2D eigenvalue weighted by atomic mass is 127. The molecule has 0 unspecified atom stereocenters. The van der Waals surface area contributed by atoms with E-state index in [0.717, 1.165) is 8.96 Å². The highest BCUT2D eigenvalue weighted by molar-refractivity contribution is 14.1. The molecular formula is C6H2BClIN3. The van der Waals surface area contributed by atoms with Crippen LogP contribution in [0, 0.1) is 3.57 Å². The van der Waals surface area contributed by atoms with Crippen molar-refractivity contribution in [1.29, 1.82) is 0 Å². The quantitative estimate of drug-likeness (QED) is 0.419. The highest BCUT2D eigenvalue weighted by Crippen LogP contribution is 2.25. The van der Waals surface area contributed by atoms with Crippen LogP contribution in [0.5, 0.6) is 0 Å². The van der Waals surface area contributed by atoms with E-state index in [2.05, 4.69) is 32.6 Å². The van der Waals surface area contributed by atoms with Crippen LogP contribution in [0.4, 0.5) is 0 Å². The van der Waals surface area contributed by atoms with Crippen molar-refractivity contribution in [1.82, 2.24) is 14.4 Å². The van der Waals surface area contributed by atoms with Gasteiger partial charge in [-0.1, -0.05) is 11.6 Å². The molecule has 3 nitrogen and oxygen atoms in total. The van der Waals surface area contributed by atoms with Gasteiger partial charge in [0.25, 0.3) is 0 Å². The first-order valence-electron chi connectivity index (χ1n) is 3.12. The SMILES string of the molecule is [B]n1cc(I)c2c(Cl)ncnc21. The van der Waals surface area contributed by atoms with Crippen LogP contribution in [0.3, 0.4) is 0 Å². The average Bonchev–Trinajstić information content (AvgIpc) is 2.29. The molecule has 2 radical (unpaired) electrons. The molecule has 0 spiro atoms. The Labute approximate surface area is 88.7 Å². The summed E-state index contributed by atoms with van der Waals surface area (Å²) >= 11 is 7.99. The van der Waals surface area contributed by atoms with Crippen LogP contribution in [-0.4, -0.2) is 22.4 Å². The second kappa shape index (κ2) is 2.88. The summed E-state index contributed by atoms with van der Waals surface area (Å²) in [5, 5.41) is 1.25. The predicted molar refractivity (Wildman–Crippen MR) is 56.4 cm³/mol. The molecule has 0 aromatic carbocycles. The third kappa shape index (κ3) is 1.11. The first-order chi connectivity index (χ1) is 5.70. The second-order valence-electron chi connectivity index (χ2n) is 2.25. The molecule has 58 valence electrons. The van der Waals surface area contributed by atoms with Crippen LogP contribution in [-0.2, 0) is 0 Å². The molecule has 0 N–H and O–H groups in total. The van der Waals surface area contributed by atoms with Crippen molar-refractivity contribution in [3.05, 3.63) is 21.2 Å². The van der Waals surface area contributed by atoms with E-state index in [4.69, 9.17) is 19.6 Å². The van der Waals surface area contributed by atoms with Gasteiger partial charge in [-0.2, -0.15) is 0 Å². The first-order valence-corrected chi connectivity index (χ1v) is 4.58. The van der Waals surface area contributed by atoms with Gasteiger partial charge in [0.15, 0.2) is 0 Å². The lowest BCUT2D eigenvalue weighted by Gasteiger charge is -1.94. The second-order valence-corrected chi connectivity index (χ2v) is 3.77. The summed E-state index contributed by atoms with van der Waals surface area (Å²) in [6, 6.07) is 0. The van der Waals surface area contributed by atoms with Crippen LogP contribution < -0.4 is 0 Å². The van der Waals surface area contributed by atoms with E-state index < -0.39 is 0 Å². The number of halogens is 2. The number of hydrogen-bond acceptors (Lipinski definition) is 2. The van der Waals surface area contributed by atoms with Crippen molar-refractivity contribution in [3.8, 4) is 0 Å². The molecule has 0 saturated carbocycles. The minimum Gasteiger partial charge on any atom is -0.387 e. The average molecular weight is 289 g/mol. The molecule has 12 heavy (non-hydrogen) atoms. The van der Waals surface area contributed by atoms with Crippen molar-refractivity contribution in [2.45, 2.75) is 0 Å². The molecule has 6 heteroatoms. The summed E-state index contributed by atoms with van der Waals surface area (Å²) in [5.41, 5.74) is 0.652. The maximum absolute atomic E-state index is 5.85. The predicted octanol–water partition coefficient (Wildman–Crippen LogP) is 1.62. The van der Waals surface area contributed by atoms with Crippen molar-refractivity contribution in [3.63, 3.8) is 0 Å². The molecule has 0 fully saturated rings. The van der Waals surface area contributed by atoms with Gasteiger partial charge in [-0.05, 0) is 22.6 Å². The summed E-state index contributed by atoms with van der Waals surface area (Å²) in [4.78, 5) is 7.86. The van der Waals surface area contributed by atoms with Gasteiger partial charge < -0.3 is 4.48 Å². The normalized spacial score (nSPS) is 10.8. The Hall–Kier alpha value is -0.295. The Kier molecular flexibility index (Phi) is 2.00. The number of nitrogens with zero attached hydrogens (tertiary/aromatic N) is 3. The van der Waals surface area contributed by atoms with Crippen molar-refractivity contribution < 1.29 is 0 Å². The fourth-order valence-corrected chi connectivity index (χ4v) is 2.19. The van der Waals surface area contributed by atoms with E-state index in [1.54, 1.807) is 6.20 Å². The van der Waals surface area contributed by atoms with Gasteiger partial charge in [0.1, 0.15) is 17.1 Å². The molecule has 2 heterocycles. The Balaban J connectivity index is 2.99. The van der Waals surface area contributed by atoms with Crippen LogP contribution in [0.15, 0.2) is 12.5 Å². The van der Waals surface area contributed by atoms with Gasteiger partial charge in [0.2, 0.25) is 7.98 Å². The molecule has 0 aliphatic rings. The third-order valence-corrected chi connectivity index (χ3v) is 2.62. The molecule has 2 aromatic rings. The van der Waals surface area contributed by atoms with E-state index >= 15 is 0 Å². The molecule has 0 aliphatic carbocycles. The van der Waals surface area contributed by atoms with Crippen molar-refractivity contribution in [2.24, 2.45) is 0 Å². The smallest absolute Gasteiger partial charge is 0.236 e. The van der Waals surface area contributed by atoms with E-state index in [9.17, 15) is 0 Å². The lowest BCUT2D eigenvalue weighted by molar-refractivity contribution is 1.17. The van der Waals surface area contributed by atoms with Gasteiger partial charge in [-0.3, -0.25) is 0 Å². The van der Waals surface area contributed by atoms with E-state index in [1.165, 1.54) is 10.8 Å². The molecule has 0 saturated heterocycles. The zero-order valence-electron chi connectivity index (χ0n) is 5.83. The summed E-state index contributed by atoms with van der Waals surface area (Å²) in [5.74, 6) is 0. The molecule has 2 rings (SSSR count). The van der Waals surface area contributed by atoms with E-state index in [0.29, 0.717) is 10.8 Å². The molecular weight excluding hydrogens is 287 g/mol. The van der Waals surface area contributed by atoms with Crippen molar-refractivity contribution in [2.75, 3.05) is 0 Å². The zero-order valence-corrected chi connectivity index (χ0v) is 8.74. The zero-order chi connectivity index (χ0) is 8.72. The lowest BCUT2D eigenvalue weighted by atomic mass is 10.4. The van der Waals surface area contributed by atoms with Gasteiger partial charge in [0, 0.05) is 9.77 Å². The Morgan fingerprint density at radius 1 is 1.50 bits per heavy atom. The van der Waals surface area contributed by atoms with Gasteiger partial charge >= 0.3 is 0 Å². The van der Waals surface area contributed by atoms with Crippen LogP contribution in [0.1, 0.15) is 0 Å². The standard InChI is InChI=1S/C6H2BClIN3/c7-12-1-3(9)4-5(8)10-2-11-6(4)12/h1-2H. The molecule has 2 aromatic heterocycles. The van der Waals surface area contributed by atoms with Gasteiger partial charge in [0.05, 0.1) is 5.39 Å². The fraction of sp³-hybridized carbons (Fsp3) is 0. The fourth-order valence-electron chi connectivity index (χ4n) is 1.00. The van der Waals surface area contributed by atoms with Crippen LogP contribution in [0.2, 0.25) is 5.15 Å². The van der Waals surface area contributed by atoms with Crippen LogP contribution >= 0.6 is 34.2 Å². The summed E-state index contributed by atoms with van der Waals surface area (Å²) < 4.78 is 2.39. The third-order valence-electron chi connectivity index (χ3n) is 1.52. The summed E-state index contributed by atoms with van der Waals surface area (Å²) in [6.45, 7) is 0. The monoisotopic (exact) mass is 289 g/mol. The van der Waals surface area contributed by atoms with Gasteiger partial charge in [-0.15, -0.1) is 0 Å². The van der Waals surface area contributed by atoms with E-state index in [-0.39, 0.29) is 0 Å². The molecule has 0 atom stereocenters. The maximum atomic E-state index is 5.85. The summed E-state index contributed by atoms with van der Waals surface area (Å²) in [7, 11) is 5.61. The minimum absolute atomic E-state index is 0.439. The first kappa shape index (κ1) is 8.31. The minimum atomic E-state index is 0.439. The highest BCUT2D eigenvalue weighted by Gasteiger charge is 2.08. The van der Waals surface area contributed by atoms with E-state index in [1.807, 2.05) is 0 Å². The van der Waals surface area contributed by atoms with Gasteiger partial charge in [-0.25, -0.2) is 9.97 Å². The van der Waals surface area contributed by atoms with Crippen molar-refractivity contribution >= 4 is 53.2 Å². The number of fused-ring (bicyclic) bond motifs is 1. The summed E-state index contributed by atoms with van der Waals surface area (Å²) in [6.07, 6.45) is 3.15. The number of hydrogen-bond donors (Lipinski definition) is 0.